The Kier molecular flexibility index (Phi) is 3.72. The molecule has 1 heterocycles. The van der Waals surface area contributed by atoms with Crippen LogP contribution in [0, 0.1) is 0 Å². The molecule has 0 fully saturated rings. The van der Waals surface area contributed by atoms with E-state index in [9.17, 15) is 0 Å². The molecule has 0 atom stereocenters. The highest BCUT2D eigenvalue weighted by molar-refractivity contribution is 6.30. The van der Waals surface area contributed by atoms with Crippen LogP contribution >= 0.6 is 11.6 Å². The Balaban J connectivity index is 1.97. The minimum Gasteiger partial charge on any atom is -0.371 e. The quantitative estimate of drug-likeness (QED) is 0.796. The van der Waals surface area contributed by atoms with Crippen molar-refractivity contribution in [3.63, 3.8) is 0 Å². The smallest absolute Gasteiger partial charge is 0.0426 e. The summed E-state index contributed by atoms with van der Waals surface area (Å²) in [6, 6.07) is 6.24. The summed E-state index contributed by atoms with van der Waals surface area (Å²) in [5.74, 6) is 0. The molecule has 0 spiro atoms. The van der Waals surface area contributed by atoms with Crippen molar-refractivity contribution in [3.05, 3.63) is 28.8 Å². The summed E-state index contributed by atoms with van der Waals surface area (Å²) < 4.78 is 0. The maximum atomic E-state index is 6.04. The Morgan fingerprint density at radius 3 is 2.94 bits per heavy atom. The molecular formula is C13H19ClN2. The molecular weight excluding hydrogens is 220 g/mol. The zero-order chi connectivity index (χ0) is 11.5. The molecule has 0 N–H and O–H groups in total. The maximum absolute atomic E-state index is 6.04. The van der Waals surface area contributed by atoms with Crippen LogP contribution < -0.4 is 4.90 Å². The molecule has 0 radical (unpaired) electrons. The second kappa shape index (κ2) is 5.07. The van der Waals surface area contributed by atoms with E-state index in [1.165, 1.54) is 17.7 Å². The average Bonchev–Trinajstić information content (AvgIpc) is 2.60. The largest absolute Gasteiger partial charge is 0.371 e. The number of nitrogens with zero attached hydrogens (tertiary/aromatic N) is 2. The highest BCUT2D eigenvalue weighted by Gasteiger charge is 2.18. The van der Waals surface area contributed by atoms with E-state index in [-0.39, 0.29) is 0 Å². The number of hydrogen-bond acceptors (Lipinski definition) is 2. The van der Waals surface area contributed by atoms with Gasteiger partial charge in [0.25, 0.3) is 0 Å². The first-order chi connectivity index (χ1) is 7.66. The molecule has 0 unspecified atom stereocenters. The van der Waals surface area contributed by atoms with Crippen molar-refractivity contribution < 1.29 is 0 Å². The Morgan fingerprint density at radius 2 is 2.19 bits per heavy atom. The molecule has 2 nitrogen and oxygen atoms in total. The summed E-state index contributed by atoms with van der Waals surface area (Å²) >= 11 is 6.04. The van der Waals surface area contributed by atoms with Gasteiger partial charge >= 0.3 is 0 Å². The summed E-state index contributed by atoms with van der Waals surface area (Å²) in [7, 11) is 4.24. The Labute approximate surface area is 103 Å². The zero-order valence-corrected chi connectivity index (χ0v) is 10.8. The first kappa shape index (κ1) is 11.7. The third kappa shape index (κ3) is 2.69. The lowest BCUT2D eigenvalue weighted by Gasteiger charge is -2.20. The van der Waals surface area contributed by atoms with Gasteiger partial charge in [0, 0.05) is 23.8 Å². The Morgan fingerprint density at radius 1 is 1.38 bits per heavy atom. The summed E-state index contributed by atoms with van der Waals surface area (Å²) in [5, 5.41) is 0.846. The molecule has 0 saturated carbocycles. The summed E-state index contributed by atoms with van der Waals surface area (Å²) in [4.78, 5) is 4.68. The molecule has 1 aromatic carbocycles. The summed E-state index contributed by atoms with van der Waals surface area (Å²) in [6.07, 6.45) is 2.37. The lowest BCUT2D eigenvalue weighted by molar-refractivity contribution is 0.401. The molecule has 2 rings (SSSR count). The molecule has 1 aliphatic heterocycles. The molecule has 0 saturated heterocycles. The van der Waals surface area contributed by atoms with E-state index in [2.05, 4.69) is 36.0 Å². The van der Waals surface area contributed by atoms with Crippen LogP contribution in [0.3, 0.4) is 0 Å². The SMILES string of the molecule is CN(C)CCCN1CCc2ccc(Cl)cc21. The van der Waals surface area contributed by atoms with Gasteiger partial charge in [-0.15, -0.1) is 0 Å². The van der Waals surface area contributed by atoms with Crippen molar-refractivity contribution in [3.8, 4) is 0 Å². The van der Waals surface area contributed by atoms with Gasteiger partial charge in [-0.05, 0) is 51.2 Å². The van der Waals surface area contributed by atoms with E-state index in [1.54, 1.807) is 0 Å². The fraction of sp³-hybridized carbons (Fsp3) is 0.538. The molecule has 1 aliphatic rings. The third-order valence-electron chi connectivity index (χ3n) is 3.07. The molecule has 0 bridgehead atoms. The fourth-order valence-corrected chi connectivity index (χ4v) is 2.40. The van der Waals surface area contributed by atoms with Crippen molar-refractivity contribution in [1.82, 2.24) is 4.90 Å². The van der Waals surface area contributed by atoms with Crippen LogP contribution in [0.4, 0.5) is 5.69 Å². The van der Waals surface area contributed by atoms with E-state index < -0.39 is 0 Å². The fourth-order valence-electron chi connectivity index (χ4n) is 2.23. The minimum atomic E-state index is 0.846. The maximum Gasteiger partial charge on any atom is 0.0426 e. The summed E-state index contributed by atoms with van der Waals surface area (Å²) in [5.41, 5.74) is 2.78. The van der Waals surface area contributed by atoms with E-state index in [0.29, 0.717) is 0 Å². The lowest BCUT2D eigenvalue weighted by atomic mass is 10.2. The monoisotopic (exact) mass is 238 g/mol. The van der Waals surface area contributed by atoms with Crippen LogP contribution in [0.1, 0.15) is 12.0 Å². The minimum absolute atomic E-state index is 0.846. The zero-order valence-electron chi connectivity index (χ0n) is 10.0. The highest BCUT2D eigenvalue weighted by atomic mass is 35.5. The van der Waals surface area contributed by atoms with Crippen molar-refractivity contribution in [2.75, 3.05) is 38.6 Å². The van der Waals surface area contributed by atoms with E-state index in [0.717, 1.165) is 31.1 Å². The molecule has 3 heteroatoms. The standard InChI is InChI=1S/C13H19ClN2/c1-15(2)7-3-8-16-9-6-11-4-5-12(14)10-13(11)16/h4-5,10H,3,6-9H2,1-2H3. The number of halogens is 1. The van der Waals surface area contributed by atoms with E-state index >= 15 is 0 Å². The molecule has 88 valence electrons. The number of anilines is 1. The third-order valence-corrected chi connectivity index (χ3v) is 3.31. The predicted octanol–water partition coefficient (Wildman–Crippen LogP) is 2.65. The van der Waals surface area contributed by atoms with Gasteiger partial charge in [-0.3, -0.25) is 0 Å². The predicted molar refractivity (Wildman–Crippen MR) is 70.5 cm³/mol. The van der Waals surface area contributed by atoms with Gasteiger partial charge in [-0.2, -0.15) is 0 Å². The average molecular weight is 239 g/mol. The van der Waals surface area contributed by atoms with Crippen LogP contribution in [0.15, 0.2) is 18.2 Å². The number of rotatable bonds is 4. The van der Waals surface area contributed by atoms with Gasteiger partial charge in [0.2, 0.25) is 0 Å². The van der Waals surface area contributed by atoms with Crippen molar-refractivity contribution in [2.45, 2.75) is 12.8 Å². The van der Waals surface area contributed by atoms with Gasteiger partial charge in [0.15, 0.2) is 0 Å². The highest BCUT2D eigenvalue weighted by Crippen LogP contribution is 2.30. The topological polar surface area (TPSA) is 6.48 Å². The molecule has 0 aromatic heterocycles. The van der Waals surface area contributed by atoms with Crippen LogP contribution in [-0.2, 0) is 6.42 Å². The molecule has 1 aromatic rings. The first-order valence-corrected chi connectivity index (χ1v) is 6.23. The van der Waals surface area contributed by atoms with Gasteiger partial charge in [0.05, 0.1) is 0 Å². The van der Waals surface area contributed by atoms with Gasteiger partial charge in [0.1, 0.15) is 0 Å². The number of fused-ring (bicyclic) bond motifs is 1. The number of benzene rings is 1. The van der Waals surface area contributed by atoms with E-state index in [1.807, 2.05) is 6.07 Å². The lowest BCUT2D eigenvalue weighted by Crippen LogP contribution is -2.25. The number of hydrogen-bond donors (Lipinski definition) is 0. The Hall–Kier alpha value is -0.730. The van der Waals surface area contributed by atoms with E-state index in [4.69, 9.17) is 11.6 Å². The van der Waals surface area contributed by atoms with Gasteiger partial charge in [-0.1, -0.05) is 17.7 Å². The van der Waals surface area contributed by atoms with Crippen LogP contribution in [0.25, 0.3) is 0 Å². The van der Waals surface area contributed by atoms with Crippen LogP contribution in [-0.4, -0.2) is 38.6 Å². The summed E-state index contributed by atoms with van der Waals surface area (Å²) in [6.45, 7) is 3.42. The van der Waals surface area contributed by atoms with Crippen molar-refractivity contribution in [1.29, 1.82) is 0 Å². The normalized spacial score (nSPS) is 14.6. The second-order valence-corrected chi connectivity index (χ2v) is 5.10. The van der Waals surface area contributed by atoms with Crippen LogP contribution in [0.2, 0.25) is 5.02 Å². The second-order valence-electron chi connectivity index (χ2n) is 4.67. The van der Waals surface area contributed by atoms with Gasteiger partial charge < -0.3 is 9.80 Å². The van der Waals surface area contributed by atoms with Crippen molar-refractivity contribution in [2.24, 2.45) is 0 Å². The Bertz CT molecular complexity index is 363. The first-order valence-electron chi connectivity index (χ1n) is 5.85. The van der Waals surface area contributed by atoms with Gasteiger partial charge in [-0.25, -0.2) is 0 Å². The van der Waals surface area contributed by atoms with Crippen LogP contribution in [0.5, 0.6) is 0 Å². The molecule has 0 amide bonds. The molecule has 0 aliphatic carbocycles. The van der Waals surface area contributed by atoms with Crippen molar-refractivity contribution >= 4 is 17.3 Å². The molecule has 16 heavy (non-hydrogen) atoms.